The Morgan fingerprint density at radius 1 is 1.36 bits per heavy atom. The predicted molar refractivity (Wildman–Crippen MR) is 53.0 cm³/mol. The second kappa shape index (κ2) is 3.77. The molecule has 2 rings (SSSR count). The van der Waals surface area contributed by atoms with Crippen molar-refractivity contribution in [3.63, 3.8) is 0 Å². The zero-order valence-corrected chi connectivity index (χ0v) is 8.46. The van der Waals surface area contributed by atoms with Crippen LogP contribution in [0.4, 0.5) is 4.79 Å². The Bertz CT molecular complexity index is 224. The molecule has 1 aliphatic heterocycles. The number of nitrogens with zero attached hydrogens (tertiary/aromatic N) is 1. The van der Waals surface area contributed by atoms with Crippen molar-refractivity contribution in [2.75, 3.05) is 19.7 Å². The van der Waals surface area contributed by atoms with Gasteiger partial charge in [-0.3, -0.25) is 0 Å². The summed E-state index contributed by atoms with van der Waals surface area (Å²) < 4.78 is 0. The van der Waals surface area contributed by atoms with Gasteiger partial charge in [0.25, 0.3) is 0 Å². The van der Waals surface area contributed by atoms with Gasteiger partial charge in [0, 0.05) is 13.1 Å². The Hall–Kier alpha value is -0.770. The van der Waals surface area contributed by atoms with Crippen molar-refractivity contribution in [1.29, 1.82) is 0 Å². The van der Waals surface area contributed by atoms with Crippen molar-refractivity contribution in [2.24, 2.45) is 0 Å². The van der Waals surface area contributed by atoms with Gasteiger partial charge in [0.1, 0.15) is 0 Å². The van der Waals surface area contributed by atoms with E-state index in [9.17, 15) is 9.90 Å². The lowest BCUT2D eigenvalue weighted by Crippen LogP contribution is -2.54. The highest BCUT2D eigenvalue weighted by molar-refractivity contribution is 5.77. The van der Waals surface area contributed by atoms with E-state index in [0.717, 1.165) is 38.8 Å². The molecule has 14 heavy (non-hydrogen) atoms. The average molecular weight is 198 g/mol. The van der Waals surface area contributed by atoms with Gasteiger partial charge in [0.2, 0.25) is 0 Å². The lowest BCUT2D eigenvalue weighted by atomic mass is 9.81. The molecular weight excluding hydrogens is 180 g/mol. The molecule has 0 aromatic heterocycles. The maximum Gasteiger partial charge on any atom is 0.318 e. The molecule has 2 fully saturated rings. The second-order valence-electron chi connectivity index (χ2n) is 4.33. The van der Waals surface area contributed by atoms with Crippen molar-refractivity contribution in [1.82, 2.24) is 10.2 Å². The Labute approximate surface area is 84.3 Å². The highest BCUT2D eigenvalue weighted by Gasteiger charge is 2.41. The Morgan fingerprint density at radius 2 is 2.07 bits per heavy atom. The highest BCUT2D eigenvalue weighted by Crippen LogP contribution is 2.34. The lowest BCUT2D eigenvalue weighted by Gasteiger charge is -2.42. The first-order valence-corrected chi connectivity index (χ1v) is 5.45. The van der Waals surface area contributed by atoms with Gasteiger partial charge < -0.3 is 15.3 Å². The fraction of sp³-hybridized carbons (Fsp3) is 0.900. The monoisotopic (exact) mass is 198 g/mol. The third kappa shape index (κ3) is 1.47. The Kier molecular flexibility index (Phi) is 2.63. The zero-order chi connectivity index (χ0) is 10.0. The van der Waals surface area contributed by atoms with Crippen molar-refractivity contribution in [2.45, 2.75) is 37.6 Å². The van der Waals surface area contributed by atoms with Crippen LogP contribution in [-0.2, 0) is 0 Å². The minimum Gasteiger partial charge on any atom is -0.394 e. The first-order chi connectivity index (χ1) is 6.78. The molecule has 0 radical (unpaired) electrons. The number of nitrogens with one attached hydrogen (secondary N) is 1. The maximum atomic E-state index is 11.5. The van der Waals surface area contributed by atoms with Gasteiger partial charge in [-0.25, -0.2) is 4.79 Å². The van der Waals surface area contributed by atoms with E-state index in [1.165, 1.54) is 6.42 Å². The molecule has 0 atom stereocenters. The van der Waals surface area contributed by atoms with Gasteiger partial charge in [0.15, 0.2) is 0 Å². The van der Waals surface area contributed by atoms with Gasteiger partial charge in [-0.1, -0.05) is 19.3 Å². The van der Waals surface area contributed by atoms with E-state index < -0.39 is 0 Å². The van der Waals surface area contributed by atoms with Crippen LogP contribution in [0, 0.1) is 0 Å². The normalized spacial score (nSPS) is 26.4. The van der Waals surface area contributed by atoms with Crippen molar-refractivity contribution < 1.29 is 9.90 Å². The molecule has 1 heterocycles. The number of hydrogen-bond acceptors (Lipinski definition) is 2. The molecule has 1 aliphatic carbocycles. The van der Waals surface area contributed by atoms with Crippen molar-refractivity contribution in [3.8, 4) is 0 Å². The summed E-state index contributed by atoms with van der Waals surface area (Å²) in [6.45, 7) is 1.58. The third-order valence-electron chi connectivity index (χ3n) is 3.51. The predicted octanol–water partition coefficient (Wildman–Crippen LogP) is 0.707. The highest BCUT2D eigenvalue weighted by atomic mass is 16.3. The molecule has 1 saturated heterocycles. The van der Waals surface area contributed by atoms with Crippen LogP contribution in [0.3, 0.4) is 0 Å². The topological polar surface area (TPSA) is 52.6 Å². The summed E-state index contributed by atoms with van der Waals surface area (Å²) in [5.74, 6) is 0. The maximum absolute atomic E-state index is 11.5. The van der Waals surface area contributed by atoms with Crippen LogP contribution in [-0.4, -0.2) is 41.3 Å². The van der Waals surface area contributed by atoms with Gasteiger partial charge in [-0.05, 0) is 12.8 Å². The number of aliphatic hydroxyl groups is 1. The summed E-state index contributed by atoms with van der Waals surface area (Å²) in [5, 5.41) is 12.3. The molecule has 0 aromatic carbocycles. The molecule has 0 unspecified atom stereocenters. The van der Waals surface area contributed by atoms with Crippen LogP contribution in [0.15, 0.2) is 0 Å². The minimum absolute atomic E-state index is 0.000880. The smallest absolute Gasteiger partial charge is 0.318 e. The van der Waals surface area contributed by atoms with Crippen molar-refractivity contribution in [3.05, 3.63) is 0 Å². The Balaban J connectivity index is 2.13. The Morgan fingerprint density at radius 3 is 2.57 bits per heavy atom. The summed E-state index contributed by atoms with van der Waals surface area (Å²) >= 11 is 0. The van der Waals surface area contributed by atoms with Gasteiger partial charge in [-0.2, -0.15) is 0 Å². The van der Waals surface area contributed by atoms with E-state index in [1.807, 2.05) is 4.90 Å². The molecule has 1 saturated carbocycles. The summed E-state index contributed by atoms with van der Waals surface area (Å²) in [6, 6.07) is 0.000880. The molecule has 0 bridgehead atoms. The lowest BCUT2D eigenvalue weighted by molar-refractivity contribution is 0.0391. The van der Waals surface area contributed by atoms with Gasteiger partial charge >= 0.3 is 6.03 Å². The van der Waals surface area contributed by atoms with E-state index in [2.05, 4.69) is 5.32 Å². The molecule has 2 aliphatic rings. The fourth-order valence-corrected chi connectivity index (χ4v) is 2.65. The van der Waals surface area contributed by atoms with Crippen molar-refractivity contribution >= 4 is 6.03 Å². The number of aliphatic hydroxyl groups excluding tert-OH is 1. The summed E-state index contributed by atoms with van der Waals surface area (Å²) in [4.78, 5) is 13.4. The van der Waals surface area contributed by atoms with Gasteiger partial charge in [-0.15, -0.1) is 0 Å². The van der Waals surface area contributed by atoms with Crippen LogP contribution in [0.5, 0.6) is 0 Å². The van der Waals surface area contributed by atoms with E-state index in [4.69, 9.17) is 0 Å². The number of carbonyl (C=O) groups is 1. The fourth-order valence-electron chi connectivity index (χ4n) is 2.65. The molecule has 4 heteroatoms. The standard InChI is InChI=1S/C10H18N2O2/c13-8-10(4-2-1-3-5-10)12-7-6-11-9(12)14/h13H,1-8H2,(H,11,14). The summed E-state index contributed by atoms with van der Waals surface area (Å²) in [7, 11) is 0. The third-order valence-corrected chi connectivity index (χ3v) is 3.51. The summed E-state index contributed by atoms with van der Waals surface area (Å²) in [6.07, 6.45) is 5.40. The SMILES string of the molecule is O=C1NCCN1C1(CO)CCCCC1. The minimum atomic E-state index is -0.251. The molecule has 2 N–H and O–H groups in total. The van der Waals surface area contributed by atoms with E-state index >= 15 is 0 Å². The number of amides is 2. The molecular formula is C10H18N2O2. The summed E-state index contributed by atoms with van der Waals surface area (Å²) in [5.41, 5.74) is -0.251. The molecule has 4 nitrogen and oxygen atoms in total. The number of urea groups is 1. The average Bonchev–Trinajstić information content (AvgIpc) is 2.66. The quantitative estimate of drug-likeness (QED) is 0.686. The number of rotatable bonds is 2. The number of carbonyl (C=O) groups excluding carboxylic acids is 1. The van der Waals surface area contributed by atoms with E-state index in [-0.39, 0.29) is 18.2 Å². The number of hydrogen-bond donors (Lipinski definition) is 2. The zero-order valence-electron chi connectivity index (χ0n) is 8.46. The van der Waals surface area contributed by atoms with Crippen LogP contribution in [0.25, 0.3) is 0 Å². The first-order valence-electron chi connectivity index (χ1n) is 5.45. The molecule has 80 valence electrons. The van der Waals surface area contributed by atoms with Crippen LogP contribution in [0.1, 0.15) is 32.1 Å². The van der Waals surface area contributed by atoms with E-state index in [1.54, 1.807) is 0 Å². The van der Waals surface area contributed by atoms with Crippen LogP contribution >= 0.6 is 0 Å². The van der Waals surface area contributed by atoms with E-state index in [0.29, 0.717) is 0 Å². The van der Waals surface area contributed by atoms with Crippen LogP contribution in [0.2, 0.25) is 0 Å². The second-order valence-corrected chi connectivity index (χ2v) is 4.33. The van der Waals surface area contributed by atoms with Crippen LogP contribution < -0.4 is 5.32 Å². The largest absolute Gasteiger partial charge is 0.394 e. The van der Waals surface area contributed by atoms with Gasteiger partial charge in [0.05, 0.1) is 12.1 Å². The molecule has 2 amide bonds. The first kappa shape index (κ1) is 9.77. The molecule has 0 spiro atoms. The molecule has 0 aromatic rings.